The summed E-state index contributed by atoms with van der Waals surface area (Å²) in [4.78, 5) is 0. The number of ether oxygens (including phenoxy) is 1. The second-order valence-corrected chi connectivity index (χ2v) is 3.57. The molecule has 1 heterocycles. The van der Waals surface area contributed by atoms with Crippen LogP contribution in [0.1, 0.15) is 6.42 Å². The van der Waals surface area contributed by atoms with Gasteiger partial charge in [-0.25, -0.2) is 0 Å². The number of aliphatic hydroxyl groups is 1. The SMILES string of the molecule is COCC1SCCC1O. The Balaban J connectivity index is 2.22. The largest absolute Gasteiger partial charge is 0.392 e. The molecule has 2 nitrogen and oxygen atoms in total. The monoisotopic (exact) mass is 148 g/mol. The van der Waals surface area contributed by atoms with Crippen LogP contribution in [-0.4, -0.2) is 35.9 Å². The zero-order valence-electron chi connectivity index (χ0n) is 5.54. The van der Waals surface area contributed by atoms with Crippen LogP contribution >= 0.6 is 11.8 Å². The molecule has 0 radical (unpaired) electrons. The van der Waals surface area contributed by atoms with Gasteiger partial charge in [-0.05, 0) is 12.2 Å². The highest BCUT2D eigenvalue weighted by molar-refractivity contribution is 8.00. The summed E-state index contributed by atoms with van der Waals surface area (Å²) in [5.74, 6) is 1.08. The normalized spacial score (nSPS) is 35.3. The predicted octanol–water partition coefficient (Wildman–Crippen LogP) is 0.499. The van der Waals surface area contributed by atoms with Crippen molar-refractivity contribution in [3.8, 4) is 0 Å². The Hall–Kier alpha value is 0.270. The maximum Gasteiger partial charge on any atom is 0.0689 e. The molecule has 1 rings (SSSR count). The van der Waals surface area contributed by atoms with Crippen LogP contribution in [0, 0.1) is 0 Å². The lowest BCUT2D eigenvalue weighted by molar-refractivity contribution is 0.121. The Morgan fingerprint density at radius 3 is 3.00 bits per heavy atom. The van der Waals surface area contributed by atoms with Gasteiger partial charge in [0.25, 0.3) is 0 Å². The van der Waals surface area contributed by atoms with E-state index in [0.717, 1.165) is 12.2 Å². The summed E-state index contributed by atoms with van der Waals surface area (Å²) < 4.78 is 4.92. The smallest absolute Gasteiger partial charge is 0.0689 e. The van der Waals surface area contributed by atoms with Gasteiger partial charge in [0.05, 0.1) is 18.0 Å². The second kappa shape index (κ2) is 3.44. The maximum atomic E-state index is 9.22. The van der Waals surface area contributed by atoms with Gasteiger partial charge in [0.1, 0.15) is 0 Å². The zero-order chi connectivity index (χ0) is 6.69. The van der Waals surface area contributed by atoms with Crippen molar-refractivity contribution in [1.82, 2.24) is 0 Å². The Bertz CT molecular complexity index is 87.1. The Labute approximate surface area is 59.6 Å². The molecule has 9 heavy (non-hydrogen) atoms. The van der Waals surface area contributed by atoms with Gasteiger partial charge in [-0.1, -0.05) is 0 Å². The molecule has 1 aliphatic rings. The number of rotatable bonds is 2. The molecule has 0 aromatic carbocycles. The van der Waals surface area contributed by atoms with Crippen molar-refractivity contribution in [3.63, 3.8) is 0 Å². The minimum absolute atomic E-state index is 0.130. The summed E-state index contributed by atoms with van der Waals surface area (Å²) in [6.45, 7) is 0.686. The third-order valence-corrected chi connectivity index (χ3v) is 2.86. The van der Waals surface area contributed by atoms with Crippen LogP contribution in [0.3, 0.4) is 0 Å². The molecule has 0 aromatic rings. The topological polar surface area (TPSA) is 29.5 Å². The van der Waals surface area contributed by atoms with Crippen LogP contribution in [0.2, 0.25) is 0 Å². The maximum absolute atomic E-state index is 9.22. The van der Waals surface area contributed by atoms with Gasteiger partial charge in [-0.2, -0.15) is 11.8 Å². The van der Waals surface area contributed by atoms with Gasteiger partial charge >= 0.3 is 0 Å². The highest BCUT2D eigenvalue weighted by atomic mass is 32.2. The molecule has 2 unspecified atom stereocenters. The van der Waals surface area contributed by atoms with E-state index >= 15 is 0 Å². The van der Waals surface area contributed by atoms with Crippen LogP contribution in [0.15, 0.2) is 0 Å². The van der Waals surface area contributed by atoms with Gasteiger partial charge < -0.3 is 9.84 Å². The summed E-state index contributed by atoms with van der Waals surface area (Å²) in [6.07, 6.45) is 0.800. The summed E-state index contributed by atoms with van der Waals surface area (Å²) in [6, 6.07) is 0. The van der Waals surface area contributed by atoms with Crippen LogP contribution < -0.4 is 0 Å². The van der Waals surface area contributed by atoms with E-state index < -0.39 is 0 Å². The zero-order valence-corrected chi connectivity index (χ0v) is 6.36. The lowest BCUT2D eigenvalue weighted by Crippen LogP contribution is -2.21. The van der Waals surface area contributed by atoms with Gasteiger partial charge in [-0.15, -0.1) is 0 Å². The third kappa shape index (κ3) is 1.85. The van der Waals surface area contributed by atoms with Crippen molar-refractivity contribution < 1.29 is 9.84 Å². The van der Waals surface area contributed by atoms with E-state index in [0.29, 0.717) is 11.9 Å². The number of hydrogen-bond acceptors (Lipinski definition) is 3. The standard InChI is InChI=1S/C6H12O2S/c1-8-4-6-5(7)2-3-9-6/h5-7H,2-4H2,1H3. The molecule has 0 amide bonds. The number of hydrogen-bond donors (Lipinski definition) is 1. The highest BCUT2D eigenvalue weighted by Gasteiger charge is 2.25. The fraction of sp³-hybridized carbons (Fsp3) is 1.00. The Morgan fingerprint density at radius 2 is 2.56 bits per heavy atom. The molecule has 3 heteroatoms. The molecule has 0 spiro atoms. The van der Waals surface area contributed by atoms with E-state index in [1.807, 2.05) is 0 Å². The van der Waals surface area contributed by atoms with Crippen molar-refractivity contribution in [2.75, 3.05) is 19.5 Å². The molecule has 1 aliphatic heterocycles. The number of thioether (sulfide) groups is 1. The van der Waals surface area contributed by atoms with Gasteiger partial charge in [0, 0.05) is 7.11 Å². The molecule has 0 aromatic heterocycles. The summed E-state index contributed by atoms with van der Waals surface area (Å²) in [5.41, 5.74) is 0. The summed E-state index contributed by atoms with van der Waals surface area (Å²) >= 11 is 1.80. The van der Waals surface area contributed by atoms with E-state index in [9.17, 15) is 5.11 Å². The first-order valence-electron chi connectivity index (χ1n) is 3.13. The molecule has 1 N–H and O–H groups in total. The van der Waals surface area contributed by atoms with Crippen LogP contribution in [0.25, 0.3) is 0 Å². The lowest BCUT2D eigenvalue weighted by Gasteiger charge is -2.10. The van der Waals surface area contributed by atoms with Crippen molar-refractivity contribution in [2.24, 2.45) is 0 Å². The molecule has 0 bridgehead atoms. The van der Waals surface area contributed by atoms with E-state index in [2.05, 4.69) is 0 Å². The average molecular weight is 148 g/mol. The Kier molecular flexibility index (Phi) is 2.82. The van der Waals surface area contributed by atoms with E-state index in [1.54, 1.807) is 18.9 Å². The molecular weight excluding hydrogens is 136 g/mol. The first kappa shape index (κ1) is 7.38. The minimum atomic E-state index is -0.130. The van der Waals surface area contributed by atoms with Gasteiger partial charge in [0.2, 0.25) is 0 Å². The minimum Gasteiger partial charge on any atom is -0.392 e. The molecule has 0 aliphatic carbocycles. The van der Waals surface area contributed by atoms with Crippen molar-refractivity contribution in [2.45, 2.75) is 17.8 Å². The first-order chi connectivity index (χ1) is 4.34. The van der Waals surface area contributed by atoms with Crippen molar-refractivity contribution >= 4 is 11.8 Å². The predicted molar refractivity (Wildman–Crippen MR) is 38.7 cm³/mol. The summed E-state index contributed by atoms with van der Waals surface area (Å²) in [5, 5.41) is 9.55. The second-order valence-electron chi connectivity index (χ2n) is 2.22. The molecular formula is C6H12O2S. The lowest BCUT2D eigenvalue weighted by atomic mass is 10.2. The van der Waals surface area contributed by atoms with E-state index in [4.69, 9.17) is 4.74 Å². The molecule has 1 saturated heterocycles. The fourth-order valence-corrected chi connectivity index (χ4v) is 2.23. The fourth-order valence-electron chi connectivity index (χ4n) is 0.961. The van der Waals surface area contributed by atoms with Crippen LogP contribution in [-0.2, 0) is 4.74 Å². The van der Waals surface area contributed by atoms with Gasteiger partial charge in [0.15, 0.2) is 0 Å². The number of aliphatic hydroxyl groups excluding tert-OH is 1. The average Bonchev–Trinajstić information content (AvgIpc) is 2.18. The summed E-state index contributed by atoms with van der Waals surface area (Å²) in [7, 11) is 1.67. The van der Waals surface area contributed by atoms with Crippen molar-refractivity contribution in [3.05, 3.63) is 0 Å². The first-order valence-corrected chi connectivity index (χ1v) is 4.18. The molecule has 54 valence electrons. The number of methoxy groups -OCH3 is 1. The molecule has 1 fully saturated rings. The third-order valence-electron chi connectivity index (χ3n) is 1.51. The van der Waals surface area contributed by atoms with Crippen LogP contribution in [0.5, 0.6) is 0 Å². The molecule has 0 saturated carbocycles. The Morgan fingerprint density at radius 1 is 1.78 bits per heavy atom. The molecule has 2 atom stereocenters. The van der Waals surface area contributed by atoms with Crippen molar-refractivity contribution in [1.29, 1.82) is 0 Å². The highest BCUT2D eigenvalue weighted by Crippen LogP contribution is 2.26. The quantitative estimate of drug-likeness (QED) is 0.618. The van der Waals surface area contributed by atoms with Gasteiger partial charge in [-0.3, -0.25) is 0 Å². The van der Waals surface area contributed by atoms with E-state index in [-0.39, 0.29) is 6.10 Å². The van der Waals surface area contributed by atoms with E-state index in [1.165, 1.54) is 0 Å². The van der Waals surface area contributed by atoms with Crippen LogP contribution in [0.4, 0.5) is 0 Å².